The van der Waals surface area contributed by atoms with Gasteiger partial charge in [0.1, 0.15) is 19.3 Å². The van der Waals surface area contributed by atoms with Crippen molar-refractivity contribution >= 4 is 39.5 Å². The smallest absolute Gasteiger partial charge is 0.462 e. The summed E-state index contributed by atoms with van der Waals surface area (Å²) in [7, 11) is -9.91. The number of esters is 4. The van der Waals surface area contributed by atoms with Crippen molar-refractivity contribution < 1.29 is 80.2 Å². The Morgan fingerprint density at radius 1 is 0.352 bits per heavy atom. The number of unbranched alkanes of at least 4 members (excludes halogenated alkanes) is 33. The van der Waals surface area contributed by atoms with Gasteiger partial charge in [0.15, 0.2) is 12.2 Å². The summed E-state index contributed by atoms with van der Waals surface area (Å²) in [4.78, 5) is 72.4. The van der Waals surface area contributed by atoms with Crippen LogP contribution >= 0.6 is 15.6 Å². The Balaban J connectivity index is 5.26. The van der Waals surface area contributed by atoms with Crippen molar-refractivity contribution in [3.8, 4) is 0 Å². The SMILES string of the molecule is CCCCCC/C=C\C=C/CCCCCCCC(=O)O[C@H](COC(=O)CCCCCCCCCCCCCCCCC)COP(=O)(O)OC[C@@H](O)COP(=O)(O)OC[C@@H](COC(=O)CCCCCCCCC(C)C)OC(=O)CCCCCCCCC(C)C. The predicted octanol–water partition coefficient (Wildman–Crippen LogP) is 19.2. The molecule has 17 nitrogen and oxygen atoms in total. The zero-order valence-corrected chi connectivity index (χ0v) is 58.3. The summed E-state index contributed by atoms with van der Waals surface area (Å²) >= 11 is 0. The van der Waals surface area contributed by atoms with Gasteiger partial charge in [-0.3, -0.25) is 37.3 Å². The first-order valence-electron chi connectivity index (χ1n) is 35.3. The van der Waals surface area contributed by atoms with Crippen LogP contribution in [0.25, 0.3) is 0 Å². The molecule has 5 atom stereocenters. The van der Waals surface area contributed by atoms with E-state index in [0.717, 1.165) is 109 Å². The van der Waals surface area contributed by atoms with Gasteiger partial charge in [0.25, 0.3) is 0 Å². The molecule has 88 heavy (non-hydrogen) atoms. The highest BCUT2D eigenvalue weighted by Gasteiger charge is 2.30. The van der Waals surface area contributed by atoms with Crippen LogP contribution in [0.3, 0.4) is 0 Å². The van der Waals surface area contributed by atoms with Gasteiger partial charge in [0.05, 0.1) is 26.4 Å². The van der Waals surface area contributed by atoms with Gasteiger partial charge >= 0.3 is 39.5 Å². The Morgan fingerprint density at radius 3 is 0.932 bits per heavy atom. The molecule has 0 spiro atoms. The quantitative estimate of drug-likeness (QED) is 0.0169. The zero-order chi connectivity index (χ0) is 65.0. The lowest BCUT2D eigenvalue weighted by Gasteiger charge is -2.21. The fourth-order valence-electron chi connectivity index (χ4n) is 9.87. The van der Waals surface area contributed by atoms with Gasteiger partial charge in [-0.05, 0) is 63.2 Å². The molecule has 0 aliphatic heterocycles. The molecule has 0 fully saturated rings. The van der Waals surface area contributed by atoms with Gasteiger partial charge in [0, 0.05) is 25.7 Å². The number of allylic oxidation sites excluding steroid dienone is 4. The lowest BCUT2D eigenvalue weighted by Crippen LogP contribution is -2.30. The number of phosphoric acid groups is 2. The summed E-state index contributed by atoms with van der Waals surface area (Å²) in [5, 5.41) is 10.6. The van der Waals surface area contributed by atoms with Crippen molar-refractivity contribution in [2.75, 3.05) is 39.6 Å². The summed E-state index contributed by atoms with van der Waals surface area (Å²) in [6.07, 6.45) is 48.4. The highest BCUT2D eigenvalue weighted by Crippen LogP contribution is 2.45. The average Bonchev–Trinajstić information content (AvgIpc) is 3.55. The van der Waals surface area contributed by atoms with Crippen LogP contribution in [0.5, 0.6) is 0 Å². The molecule has 0 radical (unpaired) electrons. The number of carbonyl (C=O) groups is 4. The maximum absolute atomic E-state index is 13.0. The Labute approximate surface area is 535 Å². The minimum atomic E-state index is -4.96. The van der Waals surface area contributed by atoms with Crippen LogP contribution in [0.4, 0.5) is 0 Å². The highest BCUT2D eigenvalue weighted by atomic mass is 31.2. The molecule has 3 N–H and O–H groups in total. The largest absolute Gasteiger partial charge is 0.472 e. The summed E-state index contributed by atoms with van der Waals surface area (Å²) in [6.45, 7) is 9.29. The summed E-state index contributed by atoms with van der Waals surface area (Å²) in [6, 6.07) is 0. The third-order valence-corrected chi connectivity index (χ3v) is 17.2. The summed E-state index contributed by atoms with van der Waals surface area (Å²) < 4.78 is 68.1. The number of hydrogen-bond donors (Lipinski definition) is 3. The van der Waals surface area contributed by atoms with E-state index in [1.165, 1.54) is 122 Å². The van der Waals surface area contributed by atoms with E-state index in [4.69, 9.17) is 37.0 Å². The van der Waals surface area contributed by atoms with Crippen LogP contribution in [0.1, 0.15) is 324 Å². The van der Waals surface area contributed by atoms with Crippen molar-refractivity contribution in [2.45, 2.75) is 342 Å². The van der Waals surface area contributed by atoms with Gasteiger partial charge in [-0.25, -0.2) is 9.13 Å². The number of phosphoric ester groups is 2. The van der Waals surface area contributed by atoms with Crippen LogP contribution in [0, 0.1) is 11.8 Å². The van der Waals surface area contributed by atoms with E-state index in [2.05, 4.69) is 65.8 Å². The van der Waals surface area contributed by atoms with E-state index in [0.29, 0.717) is 37.5 Å². The highest BCUT2D eigenvalue weighted by molar-refractivity contribution is 7.47. The van der Waals surface area contributed by atoms with Crippen LogP contribution in [-0.2, 0) is 65.4 Å². The van der Waals surface area contributed by atoms with Gasteiger partial charge in [-0.15, -0.1) is 0 Å². The number of aliphatic hydroxyl groups is 1. The summed E-state index contributed by atoms with van der Waals surface area (Å²) in [5.74, 6) is -0.818. The van der Waals surface area contributed by atoms with E-state index in [1.54, 1.807) is 0 Å². The lowest BCUT2D eigenvalue weighted by atomic mass is 10.0. The molecule has 2 unspecified atom stereocenters. The van der Waals surface area contributed by atoms with Crippen LogP contribution in [-0.4, -0.2) is 96.7 Å². The van der Waals surface area contributed by atoms with Crippen molar-refractivity contribution in [1.82, 2.24) is 0 Å². The Morgan fingerprint density at radius 2 is 0.614 bits per heavy atom. The van der Waals surface area contributed by atoms with E-state index in [1.807, 2.05) is 0 Å². The molecule has 0 rings (SSSR count). The zero-order valence-electron chi connectivity index (χ0n) is 56.5. The molecule has 0 aliphatic rings. The van der Waals surface area contributed by atoms with E-state index in [9.17, 15) is 43.2 Å². The molecule has 0 heterocycles. The average molecular weight is 1290 g/mol. The first kappa shape index (κ1) is 85.5. The fourth-order valence-corrected chi connectivity index (χ4v) is 11.5. The Kier molecular flexibility index (Phi) is 59.1. The molecule has 0 aromatic carbocycles. The van der Waals surface area contributed by atoms with Crippen molar-refractivity contribution in [1.29, 1.82) is 0 Å². The number of aliphatic hydroxyl groups excluding tert-OH is 1. The normalized spacial score (nSPS) is 14.4. The molecule has 0 bridgehead atoms. The third-order valence-electron chi connectivity index (χ3n) is 15.3. The second-order valence-electron chi connectivity index (χ2n) is 25.2. The molecular weight excluding hydrogens is 1160 g/mol. The molecule has 0 aliphatic carbocycles. The maximum Gasteiger partial charge on any atom is 0.472 e. The second-order valence-corrected chi connectivity index (χ2v) is 28.1. The molecule has 518 valence electrons. The predicted molar refractivity (Wildman–Crippen MR) is 354 cm³/mol. The maximum atomic E-state index is 13.0. The van der Waals surface area contributed by atoms with Gasteiger partial charge < -0.3 is 33.8 Å². The molecule has 19 heteroatoms. The first-order valence-corrected chi connectivity index (χ1v) is 38.3. The topological polar surface area (TPSA) is 237 Å². The molecule has 0 aromatic heterocycles. The lowest BCUT2D eigenvalue weighted by molar-refractivity contribution is -0.161. The fraction of sp³-hybridized carbons (Fsp3) is 0.884. The molecule has 0 amide bonds. The number of rotatable bonds is 66. The van der Waals surface area contributed by atoms with Crippen LogP contribution in [0.15, 0.2) is 24.3 Å². The number of hydrogen-bond acceptors (Lipinski definition) is 15. The minimum absolute atomic E-state index is 0.0850. The number of carbonyl (C=O) groups excluding carboxylic acids is 4. The van der Waals surface area contributed by atoms with Crippen LogP contribution in [0.2, 0.25) is 0 Å². The minimum Gasteiger partial charge on any atom is -0.462 e. The van der Waals surface area contributed by atoms with E-state index in [-0.39, 0.29) is 25.7 Å². The second kappa shape index (κ2) is 60.8. The van der Waals surface area contributed by atoms with Gasteiger partial charge in [-0.2, -0.15) is 0 Å². The Hall–Kier alpha value is -2.46. The third kappa shape index (κ3) is 62.4. The van der Waals surface area contributed by atoms with Crippen molar-refractivity contribution in [3.63, 3.8) is 0 Å². The summed E-state index contributed by atoms with van der Waals surface area (Å²) in [5.41, 5.74) is 0. The molecular formula is C69H130O17P2. The van der Waals surface area contributed by atoms with Crippen LogP contribution < -0.4 is 0 Å². The monoisotopic (exact) mass is 1290 g/mol. The molecule has 0 aromatic rings. The number of ether oxygens (including phenoxy) is 4. The van der Waals surface area contributed by atoms with E-state index >= 15 is 0 Å². The first-order chi connectivity index (χ1) is 42.4. The van der Waals surface area contributed by atoms with Crippen molar-refractivity contribution in [3.05, 3.63) is 24.3 Å². The Bertz CT molecular complexity index is 1810. The standard InChI is InChI=1S/C69H130O17P2/c1-7-9-11-13-15-17-19-21-23-25-27-29-31-39-45-51-66(71)79-57-64(85-68(73)53-47-41-32-30-28-26-24-22-20-18-16-14-12-10-8-2)59-83-87(75,76)81-55-63(70)56-82-88(77,78)84-60-65(86-69(74)54-48-42-36-34-38-44-50-62(5)6)58-80-67(72)52-46-40-35-33-37-43-49-61(3)4/h18,20,22,24,61-65,70H,7-17,19,21,23,25-60H2,1-6H3,(H,75,76)(H,77,78)/b20-18-,24-22-/t63-,64-,65-/m1/s1. The van der Waals surface area contributed by atoms with Gasteiger partial charge in [-0.1, -0.05) is 271 Å². The molecule has 0 saturated heterocycles. The molecule has 0 saturated carbocycles. The van der Waals surface area contributed by atoms with Crippen molar-refractivity contribution in [2.24, 2.45) is 11.8 Å². The van der Waals surface area contributed by atoms with Gasteiger partial charge in [0.2, 0.25) is 0 Å². The van der Waals surface area contributed by atoms with E-state index < -0.39 is 97.5 Å².